The highest BCUT2D eigenvalue weighted by Crippen LogP contribution is 2.24. The molecule has 0 spiro atoms. The Labute approximate surface area is 196 Å². The van der Waals surface area contributed by atoms with E-state index in [4.69, 9.17) is 9.47 Å². The van der Waals surface area contributed by atoms with Gasteiger partial charge in [-0.1, -0.05) is 25.1 Å². The highest BCUT2D eigenvalue weighted by Gasteiger charge is 2.23. The van der Waals surface area contributed by atoms with E-state index in [-0.39, 0.29) is 5.91 Å². The van der Waals surface area contributed by atoms with Gasteiger partial charge in [-0.2, -0.15) is 0 Å². The summed E-state index contributed by atoms with van der Waals surface area (Å²) in [7, 11) is 0. The van der Waals surface area contributed by atoms with Gasteiger partial charge in [0, 0.05) is 18.1 Å². The number of nitrogens with one attached hydrogen (secondary N) is 2. The largest absolute Gasteiger partial charge is 0.444 e. The number of amides is 2. The number of aryl methyl sites for hydroxylation is 1. The fourth-order valence-corrected chi connectivity index (χ4v) is 3.33. The van der Waals surface area contributed by atoms with Crippen molar-refractivity contribution in [2.24, 2.45) is 0 Å². The molecule has 2 N–H and O–H groups in total. The second-order valence-corrected chi connectivity index (χ2v) is 10.0. The smallest absolute Gasteiger partial charge is 0.419 e. The van der Waals surface area contributed by atoms with Gasteiger partial charge in [0.2, 0.25) is 5.91 Å². The molecule has 0 radical (unpaired) electrons. The van der Waals surface area contributed by atoms with Gasteiger partial charge in [-0.15, -0.1) is 0 Å². The molecule has 8 nitrogen and oxygen atoms in total. The first kappa shape index (κ1) is 26.2. The molecule has 8 heteroatoms. The number of fused-ring (bicyclic) bond motifs is 1. The number of carbonyl (C=O) groups is 3. The fourth-order valence-electron chi connectivity index (χ4n) is 3.33. The summed E-state index contributed by atoms with van der Waals surface area (Å²) in [6.45, 7) is 13.1. The van der Waals surface area contributed by atoms with Crippen LogP contribution in [-0.2, 0) is 20.7 Å². The number of para-hydroxylation sites is 1. The van der Waals surface area contributed by atoms with E-state index in [0.717, 1.165) is 16.5 Å². The Morgan fingerprint density at radius 1 is 1.00 bits per heavy atom. The van der Waals surface area contributed by atoms with Gasteiger partial charge in [-0.3, -0.25) is 9.36 Å². The summed E-state index contributed by atoms with van der Waals surface area (Å²) in [5.41, 5.74) is 0.580. The summed E-state index contributed by atoms with van der Waals surface area (Å²) in [5.74, 6) is -0.250. The van der Waals surface area contributed by atoms with Crippen molar-refractivity contribution in [1.29, 1.82) is 0 Å². The average Bonchev–Trinajstić information content (AvgIpc) is 3.05. The standard InChI is InChI=1S/C25H37N3O5/c1-8-19(27-22(30)32-24(2,3)4)21(29)26-15-11-12-17-16-28(23(31)33-25(5,6)7)20-14-10-9-13-18(17)20/h9-10,13-14,16,19H,8,11-12,15H2,1-7H3,(H,26,29)(H,27,30). The van der Waals surface area contributed by atoms with Crippen LogP contribution in [0.15, 0.2) is 30.5 Å². The third kappa shape index (κ3) is 8.11. The van der Waals surface area contributed by atoms with Crippen molar-refractivity contribution in [3.05, 3.63) is 36.0 Å². The first-order valence-electron chi connectivity index (χ1n) is 11.4. The SMILES string of the molecule is CCC(NC(=O)OC(C)(C)C)C(=O)NCCCc1cn(C(=O)OC(C)(C)C)c2ccccc12. The number of rotatable bonds is 7. The molecule has 1 aromatic heterocycles. The molecule has 182 valence electrons. The zero-order chi connectivity index (χ0) is 24.8. The van der Waals surface area contributed by atoms with E-state index < -0.39 is 29.4 Å². The number of nitrogens with zero attached hydrogens (tertiary/aromatic N) is 1. The molecule has 1 heterocycles. The molecule has 0 aliphatic carbocycles. The topological polar surface area (TPSA) is 98.7 Å². The third-order valence-corrected chi connectivity index (χ3v) is 4.72. The number of ether oxygens (including phenoxy) is 2. The number of hydrogen-bond donors (Lipinski definition) is 2. The summed E-state index contributed by atoms with van der Waals surface area (Å²) in [6.07, 6.45) is 2.58. The number of carbonyl (C=O) groups excluding carboxylic acids is 3. The molecule has 2 rings (SSSR count). The maximum absolute atomic E-state index is 12.6. The van der Waals surface area contributed by atoms with Crippen molar-refractivity contribution in [1.82, 2.24) is 15.2 Å². The first-order valence-corrected chi connectivity index (χ1v) is 11.4. The van der Waals surface area contributed by atoms with Crippen LogP contribution < -0.4 is 10.6 Å². The Balaban J connectivity index is 1.96. The van der Waals surface area contributed by atoms with Crippen molar-refractivity contribution in [2.75, 3.05) is 6.54 Å². The lowest BCUT2D eigenvalue weighted by Gasteiger charge is -2.22. The van der Waals surface area contributed by atoms with Gasteiger partial charge in [-0.25, -0.2) is 9.59 Å². The molecule has 2 aromatic rings. The Morgan fingerprint density at radius 2 is 1.64 bits per heavy atom. The second kappa shape index (κ2) is 10.7. The maximum atomic E-state index is 12.6. The molecule has 1 atom stereocenters. The second-order valence-electron chi connectivity index (χ2n) is 10.0. The number of aromatic nitrogens is 1. The monoisotopic (exact) mass is 459 g/mol. The molecule has 0 aliphatic rings. The van der Waals surface area contributed by atoms with E-state index in [1.807, 2.05) is 52.0 Å². The molecule has 0 saturated carbocycles. The molecule has 0 aliphatic heterocycles. The molecule has 0 fully saturated rings. The van der Waals surface area contributed by atoms with E-state index >= 15 is 0 Å². The molecule has 33 heavy (non-hydrogen) atoms. The van der Waals surface area contributed by atoms with Crippen LogP contribution >= 0.6 is 0 Å². The predicted octanol–water partition coefficient (Wildman–Crippen LogP) is 4.78. The minimum Gasteiger partial charge on any atom is -0.444 e. The zero-order valence-electron chi connectivity index (χ0n) is 20.8. The highest BCUT2D eigenvalue weighted by molar-refractivity contribution is 5.92. The van der Waals surface area contributed by atoms with Crippen LogP contribution in [0.3, 0.4) is 0 Å². The predicted molar refractivity (Wildman–Crippen MR) is 128 cm³/mol. The van der Waals surface area contributed by atoms with E-state index in [1.54, 1.807) is 27.0 Å². The van der Waals surface area contributed by atoms with Crippen LogP contribution in [0.4, 0.5) is 9.59 Å². The molecule has 0 saturated heterocycles. The van der Waals surface area contributed by atoms with Crippen LogP contribution in [0.2, 0.25) is 0 Å². The normalized spacial score (nSPS) is 12.8. The molecular weight excluding hydrogens is 422 g/mol. The van der Waals surface area contributed by atoms with Gasteiger partial charge < -0.3 is 20.1 Å². The van der Waals surface area contributed by atoms with Gasteiger partial charge in [0.1, 0.15) is 17.2 Å². The molecule has 1 unspecified atom stereocenters. The van der Waals surface area contributed by atoms with Gasteiger partial charge in [0.15, 0.2) is 0 Å². The molecule has 0 bridgehead atoms. The Morgan fingerprint density at radius 3 is 2.24 bits per heavy atom. The van der Waals surface area contributed by atoms with Crippen LogP contribution in [0, 0.1) is 0 Å². The summed E-state index contributed by atoms with van der Waals surface area (Å²) in [5, 5.41) is 6.46. The van der Waals surface area contributed by atoms with Crippen molar-refractivity contribution in [3.8, 4) is 0 Å². The van der Waals surface area contributed by atoms with E-state index in [0.29, 0.717) is 25.8 Å². The molecule has 1 aromatic carbocycles. The highest BCUT2D eigenvalue weighted by atomic mass is 16.6. The lowest BCUT2D eigenvalue weighted by Crippen LogP contribution is -2.48. The fraction of sp³-hybridized carbons (Fsp3) is 0.560. The third-order valence-electron chi connectivity index (χ3n) is 4.72. The lowest BCUT2D eigenvalue weighted by atomic mass is 10.1. The quantitative estimate of drug-likeness (QED) is 0.581. The average molecular weight is 460 g/mol. The number of alkyl carbamates (subject to hydrolysis) is 1. The van der Waals surface area contributed by atoms with E-state index in [1.165, 1.54) is 4.57 Å². The van der Waals surface area contributed by atoms with Crippen LogP contribution in [0.5, 0.6) is 0 Å². The zero-order valence-corrected chi connectivity index (χ0v) is 20.8. The summed E-state index contributed by atoms with van der Waals surface area (Å²) >= 11 is 0. The molecule has 2 amide bonds. The van der Waals surface area contributed by atoms with Crippen LogP contribution in [0.1, 0.15) is 66.9 Å². The van der Waals surface area contributed by atoms with Gasteiger partial charge in [-0.05, 0) is 72.4 Å². The van der Waals surface area contributed by atoms with E-state index in [9.17, 15) is 14.4 Å². The van der Waals surface area contributed by atoms with Gasteiger partial charge >= 0.3 is 12.2 Å². The minimum absolute atomic E-state index is 0.250. The van der Waals surface area contributed by atoms with Crippen molar-refractivity contribution in [2.45, 2.75) is 85.0 Å². The van der Waals surface area contributed by atoms with Gasteiger partial charge in [0.05, 0.1) is 5.52 Å². The maximum Gasteiger partial charge on any atom is 0.419 e. The van der Waals surface area contributed by atoms with Crippen LogP contribution in [-0.4, -0.2) is 46.4 Å². The Bertz CT molecular complexity index is 982. The van der Waals surface area contributed by atoms with E-state index in [2.05, 4.69) is 10.6 Å². The van der Waals surface area contributed by atoms with Crippen molar-refractivity contribution < 1.29 is 23.9 Å². The summed E-state index contributed by atoms with van der Waals surface area (Å²) < 4.78 is 12.3. The van der Waals surface area contributed by atoms with Gasteiger partial charge in [0.25, 0.3) is 0 Å². The van der Waals surface area contributed by atoms with Crippen LogP contribution in [0.25, 0.3) is 10.9 Å². The van der Waals surface area contributed by atoms with Crippen molar-refractivity contribution >= 4 is 29.0 Å². The first-order chi connectivity index (χ1) is 15.3. The Hall–Kier alpha value is -3.03. The molecular formula is C25H37N3O5. The number of hydrogen-bond acceptors (Lipinski definition) is 5. The Kier molecular flexibility index (Phi) is 8.52. The van der Waals surface area contributed by atoms with Crippen molar-refractivity contribution in [3.63, 3.8) is 0 Å². The minimum atomic E-state index is -0.658. The lowest BCUT2D eigenvalue weighted by molar-refractivity contribution is -0.123. The summed E-state index contributed by atoms with van der Waals surface area (Å²) in [6, 6.07) is 7.02. The summed E-state index contributed by atoms with van der Waals surface area (Å²) in [4.78, 5) is 37.1. The number of benzene rings is 1.